The van der Waals surface area contributed by atoms with Crippen LogP contribution in [0.25, 0.3) is 11.1 Å². The fraction of sp³-hybridized carbons (Fsp3) is 0.100. The van der Waals surface area contributed by atoms with E-state index in [9.17, 15) is 9.18 Å². The lowest BCUT2D eigenvalue weighted by Crippen LogP contribution is -2.13. The van der Waals surface area contributed by atoms with Gasteiger partial charge in [-0.05, 0) is 54.4 Å². The summed E-state index contributed by atoms with van der Waals surface area (Å²) in [6.45, 7) is 1.94. The average molecular weight is 350 g/mol. The Bertz CT molecular complexity index is 1000. The van der Waals surface area contributed by atoms with Crippen LogP contribution in [0.2, 0.25) is 0 Å². The first-order valence-electron chi connectivity index (χ1n) is 8.03. The summed E-state index contributed by atoms with van der Waals surface area (Å²) in [7, 11) is 0. The highest BCUT2D eigenvalue weighted by Gasteiger charge is 2.15. The van der Waals surface area contributed by atoms with E-state index in [1.54, 1.807) is 19.2 Å². The number of rotatable bonds is 3. The molecule has 1 aliphatic heterocycles. The van der Waals surface area contributed by atoms with Crippen molar-refractivity contribution < 1.29 is 18.7 Å². The number of carbonyl (C=O) groups excluding carboxylic acids is 1. The third-order valence-electron chi connectivity index (χ3n) is 4.14. The lowest BCUT2D eigenvalue weighted by atomic mass is 10.0. The van der Waals surface area contributed by atoms with Crippen LogP contribution in [0.15, 0.2) is 54.9 Å². The number of pyridine rings is 1. The molecule has 130 valence electrons. The van der Waals surface area contributed by atoms with E-state index >= 15 is 0 Å². The second-order valence-corrected chi connectivity index (χ2v) is 5.94. The van der Waals surface area contributed by atoms with Crippen LogP contribution in [0.4, 0.5) is 10.1 Å². The van der Waals surface area contributed by atoms with Gasteiger partial charge in [-0.3, -0.25) is 9.78 Å². The van der Waals surface area contributed by atoms with Gasteiger partial charge in [-0.1, -0.05) is 6.07 Å². The number of amides is 1. The van der Waals surface area contributed by atoms with E-state index in [4.69, 9.17) is 9.47 Å². The monoisotopic (exact) mass is 350 g/mol. The van der Waals surface area contributed by atoms with Gasteiger partial charge in [-0.2, -0.15) is 0 Å². The zero-order valence-electron chi connectivity index (χ0n) is 14.0. The van der Waals surface area contributed by atoms with Crippen molar-refractivity contribution in [2.24, 2.45) is 0 Å². The highest BCUT2D eigenvalue weighted by molar-refractivity contribution is 6.05. The Morgan fingerprint density at radius 1 is 1.04 bits per heavy atom. The molecule has 3 aromatic rings. The summed E-state index contributed by atoms with van der Waals surface area (Å²) in [5.41, 5.74) is 3.27. The maximum atomic E-state index is 13.2. The number of nitrogens with zero attached hydrogens (tertiary/aromatic N) is 1. The largest absolute Gasteiger partial charge is 0.454 e. The maximum Gasteiger partial charge on any atom is 0.257 e. The Labute approximate surface area is 149 Å². The Balaban J connectivity index is 1.60. The van der Waals surface area contributed by atoms with Gasteiger partial charge in [-0.15, -0.1) is 0 Å². The predicted molar refractivity (Wildman–Crippen MR) is 94.9 cm³/mol. The maximum absolute atomic E-state index is 13.2. The summed E-state index contributed by atoms with van der Waals surface area (Å²) in [6, 6.07) is 11.5. The van der Waals surface area contributed by atoms with Gasteiger partial charge in [0.2, 0.25) is 6.79 Å². The Kier molecular flexibility index (Phi) is 4.01. The zero-order valence-corrected chi connectivity index (χ0v) is 14.0. The van der Waals surface area contributed by atoms with Gasteiger partial charge < -0.3 is 14.8 Å². The molecule has 1 amide bonds. The Morgan fingerprint density at radius 3 is 2.73 bits per heavy atom. The number of aromatic nitrogens is 1. The molecule has 0 unspecified atom stereocenters. The molecule has 4 rings (SSSR count). The third-order valence-corrected chi connectivity index (χ3v) is 4.14. The minimum atomic E-state index is -0.341. The molecular formula is C20H15FN2O3. The zero-order chi connectivity index (χ0) is 18.1. The molecule has 2 aromatic carbocycles. The minimum Gasteiger partial charge on any atom is -0.454 e. The van der Waals surface area contributed by atoms with Crippen molar-refractivity contribution in [3.63, 3.8) is 0 Å². The van der Waals surface area contributed by atoms with E-state index < -0.39 is 0 Å². The number of fused-ring (bicyclic) bond motifs is 1. The highest BCUT2D eigenvalue weighted by Crippen LogP contribution is 2.35. The van der Waals surface area contributed by atoms with E-state index in [1.807, 2.05) is 18.2 Å². The van der Waals surface area contributed by atoms with Crippen LogP contribution < -0.4 is 14.8 Å². The van der Waals surface area contributed by atoms with Crippen molar-refractivity contribution in [3.8, 4) is 22.6 Å². The first-order valence-corrected chi connectivity index (χ1v) is 8.03. The summed E-state index contributed by atoms with van der Waals surface area (Å²) in [5.74, 6) is 0.712. The van der Waals surface area contributed by atoms with Crippen molar-refractivity contribution in [3.05, 3.63) is 71.8 Å². The molecule has 2 heterocycles. The van der Waals surface area contributed by atoms with Crippen molar-refractivity contribution in [1.29, 1.82) is 0 Å². The van der Waals surface area contributed by atoms with Gasteiger partial charge in [0, 0.05) is 23.6 Å². The highest BCUT2D eigenvalue weighted by atomic mass is 19.1. The molecule has 26 heavy (non-hydrogen) atoms. The average Bonchev–Trinajstić information content (AvgIpc) is 3.12. The molecule has 1 aliphatic rings. The molecule has 0 saturated carbocycles. The van der Waals surface area contributed by atoms with Crippen molar-refractivity contribution in [2.75, 3.05) is 12.1 Å². The third kappa shape index (κ3) is 3.09. The van der Waals surface area contributed by atoms with Gasteiger partial charge in [0.25, 0.3) is 5.91 Å². The SMILES string of the molecule is Cc1cc(F)ccc1NC(=O)c1cncc(-c2ccc3c(c2)OCO3)c1. The smallest absolute Gasteiger partial charge is 0.257 e. The molecule has 1 N–H and O–H groups in total. The molecule has 5 nitrogen and oxygen atoms in total. The van der Waals surface area contributed by atoms with Crippen molar-refractivity contribution in [2.45, 2.75) is 6.92 Å². The Hall–Kier alpha value is -3.41. The first-order chi connectivity index (χ1) is 12.6. The molecule has 0 fully saturated rings. The molecule has 0 atom stereocenters. The number of nitrogens with one attached hydrogen (secondary N) is 1. The summed E-state index contributed by atoms with van der Waals surface area (Å²) in [5, 5.41) is 2.78. The van der Waals surface area contributed by atoms with Crippen LogP contribution in [-0.4, -0.2) is 17.7 Å². The van der Waals surface area contributed by atoms with E-state index in [0.717, 1.165) is 11.1 Å². The van der Waals surface area contributed by atoms with Gasteiger partial charge in [-0.25, -0.2) is 4.39 Å². The molecule has 0 bridgehead atoms. The molecule has 1 aromatic heterocycles. The fourth-order valence-corrected chi connectivity index (χ4v) is 2.76. The number of aryl methyl sites for hydroxylation is 1. The van der Waals surface area contributed by atoms with E-state index in [1.165, 1.54) is 24.4 Å². The van der Waals surface area contributed by atoms with Crippen LogP contribution >= 0.6 is 0 Å². The van der Waals surface area contributed by atoms with Crippen LogP contribution in [0.1, 0.15) is 15.9 Å². The molecule has 0 saturated heterocycles. The number of hydrogen-bond acceptors (Lipinski definition) is 4. The summed E-state index contributed by atoms with van der Waals surface area (Å²) in [4.78, 5) is 16.7. The lowest BCUT2D eigenvalue weighted by molar-refractivity contribution is 0.102. The number of benzene rings is 2. The quantitative estimate of drug-likeness (QED) is 0.770. The number of carbonyl (C=O) groups is 1. The molecule has 6 heteroatoms. The number of anilines is 1. The van der Waals surface area contributed by atoms with E-state index in [-0.39, 0.29) is 18.5 Å². The van der Waals surface area contributed by atoms with Crippen molar-refractivity contribution >= 4 is 11.6 Å². The minimum absolute atomic E-state index is 0.205. The molecule has 0 spiro atoms. The molecule has 0 aliphatic carbocycles. The van der Waals surface area contributed by atoms with Crippen LogP contribution in [0.5, 0.6) is 11.5 Å². The van der Waals surface area contributed by atoms with Crippen molar-refractivity contribution in [1.82, 2.24) is 4.98 Å². The normalized spacial score (nSPS) is 12.1. The number of hydrogen-bond donors (Lipinski definition) is 1. The second kappa shape index (κ2) is 6.48. The topological polar surface area (TPSA) is 60.5 Å². The first kappa shape index (κ1) is 16.1. The molecule has 0 radical (unpaired) electrons. The predicted octanol–water partition coefficient (Wildman–Crippen LogP) is 4.18. The summed E-state index contributed by atoms with van der Waals surface area (Å²) >= 11 is 0. The number of halogens is 1. The standard InChI is InChI=1S/C20H15FN2O3/c1-12-6-16(21)3-4-17(12)23-20(24)15-7-14(9-22-10-15)13-2-5-18-19(8-13)26-11-25-18/h2-10H,11H2,1H3,(H,23,24). The molecular weight excluding hydrogens is 335 g/mol. The Morgan fingerprint density at radius 2 is 1.88 bits per heavy atom. The van der Waals surface area contributed by atoms with Gasteiger partial charge in [0.1, 0.15) is 5.82 Å². The van der Waals surface area contributed by atoms with E-state index in [0.29, 0.717) is 28.3 Å². The van der Waals surface area contributed by atoms with Gasteiger partial charge >= 0.3 is 0 Å². The van der Waals surface area contributed by atoms with Crippen LogP contribution in [0.3, 0.4) is 0 Å². The number of ether oxygens (including phenoxy) is 2. The summed E-state index contributed by atoms with van der Waals surface area (Å²) in [6.07, 6.45) is 3.17. The van der Waals surface area contributed by atoms with Crippen LogP contribution in [0, 0.1) is 12.7 Å². The fourth-order valence-electron chi connectivity index (χ4n) is 2.76. The lowest BCUT2D eigenvalue weighted by Gasteiger charge is -2.09. The second-order valence-electron chi connectivity index (χ2n) is 5.94. The van der Waals surface area contributed by atoms with Gasteiger partial charge in [0.05, 0.1) is 5.56 Å². The van der Waals surface area contributed by atoms with Crippen LogP contribution in [-0.2, 0) is 0 Å². The van der Waals surface area contributed by atoms with Gasteiger partial charge in [0.15, 0.2) is 11.5 Å². The van der Waals surface area contributed by atoms with E-state index in [2.05, 4.69) is 10.3 Å². The summed E-state index contributed by atoms with van der Waals surface area (Å²) < 4.78 is 23.9.